The fourth-order valence-corrected chi connectivity index (χ4v) is 4.32. The molecule has 1 aromatic heterocycles. The van der Waals surface area contributed by atoms with E-state index in [2.05, 4.69) is 5.32 Å². The summed E-state index contributed by atoms with van der Waals surface area (Å²) in [5.41, 5.74) is 1.28. The average molecular weight is 436 g/mol. The van der Waals surface area contributed by atoms with Gasteiger partial charge in [-0.05, 0) is 29.6 Å². The number of amides is 2. The van der Waals surface area contributed by atoms with Crippen LogP contribution >= 0.6 is 11.3 Å². The van der Waals surface area contributed by atoms with E-state index in [9.17, 15) is 14.0 Å². The second-order valence-corrected chi connectivity index (χ2v) is 7.95. The molecule has 0 spiro atoms. The molecule has 0 fully saturated rings. The fourth-order valence-electron chi connectivity index (χ4n) is 3.55. The number of rotatable bonds is 5. The molecule has 6 nitrogen and oxygen atoms in total. The average Bonchev–Trinajstić information content (AvgIpc) is 3.38. The first kappa shape index (κ1) is 19.3. The van der Waals surface area contributed by atoms with Crippen molar-refractivity contribution in [2.45, 2.75) is 6.54 Å². The van der Waals surface area contributed by atoms with Gasteiger partial charge in [0.15, 0.2) is 11.5 Å². The van der Waals surface area contributed by atoms with E-state index in [1.807, 2.05) is 11.4 Å². The van der Waals surface area contributed by atoms with Gasteiger partial charge >= 0.3 is 0 Å². The molecule has 0 saturated heterocycles. The normalized spacial score (nSPS) is 15.6. The topological polar surface area (TPSA) is 67.9 Å². The monoisotopic (exact) mass is 436 g/mol. The Kier molecular flexibility index (Phi) is 4.91. The summed E-state index contributed by atoms with van der Waals surface area (Å²) >= 11 is 1.36. The molecule has 1 N–H and O–H groups in total. The number of nitrogens with zero attached hydrogens (tertiary/aromatic N) is 1. The van der Waals surface area contributed by atoms with Gasteiger partial charge in [-0.2, -0.15) is 0 Å². The molecule has 0 bridgehead atoms. The number of nitrogens with one attached hydrogen (secondary N) is 1. The third kappa shape index (κ3) is 3.55. The van der Waals surface area contributed by atoms with Crippen LogP contribution in [0.15, 0.2) is 65.7 Å². The third-order valence-corrected chi connectivity index (χ3v) is 5.92. The zero-order chi connectivity index (χ0) is 21.4. The van der Waals surface area contributed by atoms with Gasteiger partial charge in [0.25, 0.3) is 11.8 Å². The number of benzene rings is 2. The van der Waals surface area contributed by atoms with Gasteiger partial charge in [0.2, 0.25) is 0 Å². The molecule has 0 aliphatic carbocycles. The number of halogens is 1. The van der Waals surface area contributed by atoms with Gasteiger partial charge in [-0.3, -0.25) is 14.5 Å². The molecular weight excluding hydrogens is 419 g/mol. The van der Waals surface area contributed by atoms with Crippen LogP contribution in [-0.4, -0.2) is 29.9 Å². The Hall–Kier alpha value is -3.65. The van der Waals surface area contributed by atoms with Gasteiger partial charge in [0, 0.05) is 22.2 Å². The highest BCUT2D eigenvalue weighted by Gasteiger charge is 2.40. The first-order valence-corrected chi connectivity index (χ1v) is 10.5. The molecule has 0 radical (unpaired) electrons. The van der Waals surface area contributed by atoms with Gasteiger partial charge in [0.1, 0.15) is 24.7 Å². The Morgan fingerprint density at radius 1 is 0.968 bits per heavy atom. The minimum Gasteiger partial charge on any atom is -0.486 e. The maximum atomic E-state index is 14.2. The highest BCUT2D eigenvalue weighted by Crippen LogP contribution is 2.36. The van der Waals surface area contributed by atoms with E-state index < -0.39 is 17.6 Å². The first-order valence-electron chi connectivity index (χ1n) is 9.66. The quantitative estimate of drug-likeness (QED) is 0.612. The van der Waals surface area contributed by atoms with Crippen molar-refractivity contribution in [1.29, 1.82) is 0 Å². The predicted octanol–water partition coefficient (Wildman–Crippen LogP) is 4.05. The maximum absolute atomic E-state index is 14.2. The fraction of sp³-hybridized carbons (Fsp3) is 0.130. The van der Waals surface area contributed by atoms with Crippen molar-refractivity contribution in [2.75, 3.05) is 18.5 Å². The number of thiophene rings is 1. The maximum Gasteiger partial charge on any atom is 0.278 e. The number of fused-ring (bicyclic) bond motifs is 1. The minimum atomic E-state index is -0.508. The lowest BCUT2D eigenvalue weighted by Gasteiger charge is -2.19. The van der Waals surface area contributed by atoms with Crippen LogP contribution in [0.1, 0.15) is 10.4 Å². The molecule has 31 heavy (non-hydrogen) atoms. The van der Waals surface area contributed by atoms with Crippen LogP contribution in [-0.2, 0) is 16.1 Å². The number of hydrogen-bond acceptors (Lipinski definition) is 6. The van der Waals surface area contributed by atoms with Gasteiger partial charge in [-0.1, -0.05) is 24.3 Å². The van der Waals surface area contributed by atoms with Crippen LogP contribution in [0.3, 0.4) is 0 Å². The van der Waals surface area contributed by atoms with Crippen molar-refractivity contribution in [1.82, 2.24) is 4.90 Å². The van der Waals surface area contributed by atoms with E-state index in [0.29, 0.717) is 35.3 Å². The summed E-state index contributed by atoms with van der Waals surface area (Å²) in [6.07, 6.45) is 0. The first-order chi connectivity index (χ1) is 15.1. The Balaban J connectivity index is 1.50. The summed E-state index contributed by atoms with van der Waals surface area (Å²) in [6, 6.07) is 14.9. The number of carbonyl (C=O) groups is 2. The standard InChI is InChI=1S/C23H17FN2O4S/c24-16-5-2-1-4-14(16)13-26-22(27)20(19-6-3-11-31-19)21(23(26)28)25-15-7-8-17-18(12-15)30-10-9-29-17/h1-8,11-12,25H,9-10,13H2. The van der Waals surface area contributed by atoms with Gasteiger partial charge in [0.05, 0.1) is 12.1 Å². The number of hydrogen-bond donors (Lipinski definition) is 1. The van der Waals surface area contributed by atoms with Gasteiger partial charge < -0.3 is 14.8 Å². The summed E-state index contributed by atoms with van der Waals surface area (Å²) in [6.45, 7) is 0.768. The van der Waals surface area contributed by atoms with E-state index >= 15 is 0 Å². The van der Waals surface area contributed by atoms with Crippen LogP contribution in [0.2, 0.25) is 0 Å². The smallest absolute Gasteiger partial charge is 0.278 e. The van der Waals surface area contributed by atoms with Crippen LogP contribution < -0.4 is 14.8 Å². The molecule has 0 atom stereocenters. The lowest BCUT2D eigenvalue weighted by atomic mass is 10.1. The largest absolute Gasteiger partial charge is 0.486 e. The van der Waals surface area contributed by atoms with Crippen molar-refractivity contribution in [2.24, 2.45) is 0 Å². The summed E-state index contributed by atoms with van der Waals surface area (Å²) in [5, 5.41) is 4.92. The van der Waals surface area contributed by atoms with Crippen LogP contribution in [0.5, 0.6) is 11.5 Å². The molecule has 0 unspecified atom stereocenters. The summed E-state index contributed by atoms with van der Waals surface area (Å²) in [5.74, 6) is -0.245. The lowest BCUT2D eigenvalue weighted by molar-refractivity contribution is -0.137. The summed E-state index contributed by atoms with van der Waals surface area (Å²) in [4.78, 5) is 28.2. The minimum absolute atomic E-state index is 0.147. The van der Waals surface area contributed by atoms with Crippen LogP contribution in [0, 0.1) is 5.82 Å². The van der Waals surface area contributed by atoms with Crippen molar-refractivity contribution < 1.29 is 23.5 Å². The van der Waals surface area contributed by atoms with Crippen molar-refractivity contribution >= 4 is 34.4 Å². The second-order valence-electron chi connectivity index (χ2n) is 7.00. The zero-order valence-corrected chi connectivity index (χ0v) is 17.1. The van der Waals surface area contributed by atoms with Crippen molar-refractivity contribution in [3.05, 3.63) is 81.9 Å². The molecular formula is C23H17FN2O4S. The highest BCUT2D eigenvalue weighted by atomic mass is 32.1. The third-order valence-electron chi connectivity index (χ3n) is 5.03. The van der Waals surface area contributed by atoms with E-state index in [0.717, 1.165) is 4.90 Å². The van der Waals surface area contributed by atoms with Crippen LogP contribution in [0.4, 0.5) is 10.1 Å². The SMILES string of the molecule is O=C1C(Nc2ccc3c(c2)OCCO3)=C(c2cccs2)C(=O)N1Cc1ccccc1F. The molecule has 3 heterocycles. The van der Waals surface area contributed by atoms with Crippen molar-refractivity contribution in [3.63, 3.8) is 0 Å². The number of imide groups is 1. The lowest BCUT2D eigenvalue weighted by Crippen LogP contribution is -2.32. The summed E-state index contributed by atoms with van der Waals surface area (Å²) < 4.78 is 25.3. The molecule has 156 valence electrons. The molecule has 3 aromatic rings. The molecule has 0 saturated carbocycles. The number of carbonyl (C=O) groups excluding carboxylic acids is 2. The Morgan fingerprint density at radius 2 is 1.77 bits per heavy atom. The zero-order valence-electron chi connectivity index (χ0n) is 16.3. The molecule has 2 aromatic carbocycles. The Morgan fingerprint density at radius 3 is 2.55 bits per heavy atom. The number of anilines is 1. The van der Waals surface area contributed by atoms with E-state index in [1.165, 1.54) is 17.4 Å². The molecule has 8 heteroatoms. The van der Waals surface area contributed by atoms with E-state index in [4.69, 9.17) is 9.47 Å². The van der Waals surface area contributed by atoms with Crippen molar-refractivity contribution in [3.8, 4) is 11.5 Å². The van der Waals surface area contributed by atoms with E-state index in [-0.39, 0.29) is 23.4 Å². The Labute approximate surface area is 181 Å². The predicted molar refractivity (Wildman–Crippen MR) is 114 cm³/mol. The summed E-state index contributed by atoms with van der Waals surface area (Å²) in [7, 11) is 0. The highest BCUT2D eigenvalue weighted by molar-refractivity contribution is 7.11. The molecule has 2 aliphatic rings. The Bertz CT molecular complexity index is 1210. The second kappa shape index (κ2) is 7.88. The van der Waals surface area contributed by atoms with Gasteiger partial charge in [-0.25, -0.2) is 4.39 Å². The van der Waals surface area contributed by atoms with Crippen LogP contribution in [0.25, 0.3) is 5.57 Å². The molecule has 2 aliphatic heterocycles. The van der Waals surface area contributed by atoms with Gasteiger partial charge in [-0.15, -0.1) is 11.3 Å². The molecule has 5 rings (SSSR count). The van der Waals surface area contributed by atoms with E-state index in [1.54, 1.807) is 42.5 Å². The molecule has 2 amide bonds. The number of ether oxygens (including phenoxy) is 2.